The Balaban J connectivity index is 2.11. The Labute approximate surface area is 129 Å². The van der Waals surface area contributed by atoms with Crippen molar-refractivity contribution in [3.05, 3.63) is 0 Å². The lowest BCUT2D eigenvalue weighted by molar-refractivity contribution is -0.148. The molecule has 1 aliphatic rings. The van der Waals surface area contributed by atoms with E-state index >= 15 is 0 Å². The summed E-state index contributed by atoms with van der Waals surface area (Å²) in [6, 6.07) is 0. The third kappa shape index (κ3) is 8.08. The second kappa shape index (κ2) is 9.80. The van der Waals surface area contributed by atoms with Gasteiger partial charge in [-0.25, -0.2) is 0 Å². The minimum atomic E-state index is -0.296. The summed E-state index contributed by atoms with van der Waals surface area (Å²) in [5.74, 6) is 1.10. The molecule has 0 aliphatic heterocycles. The molecule has 1 amide bonds. The van der Waals surface area contributed by atoms with Crippen LogP contribution in [0.4, 0.5) is 0 Å². The van der Waals surface area contributed by atoms with Gasteiger partial charge in [-0.2, -0.15) is 0 Å². The Morgan fingerprint density at radius 3 is 2.52 bits per heavy atom. The quantitative estimate of drug-likeness (QED) is 0.484. The van der Waals surface area contributed by atoms with Crippen molar-refractivity contribution in [1.82, 2.24) is 4.90 Å². The van der Waals surface area contributed by atoms with Gasteiger partial charge in [-0.15, -0.1) is 0 Å². The first-order chi connectivity index (χ1) is 9.99. The predicted molar refractivity (Wildman–Crippen MR) is 83.9 cm³/mol. The number of carbonyl (C=O) groups excluding carboxylic acids is 2. The first-order valence-corrected chi connectivity index (χ1v) is 8.38. The van der Waals surface area contributed by atoms with Gasteiger partial charge in [0.05, 0.1) is 6.61 Å². The number of hydrogen-bond donors (Lipinski definition) is 0. The molecule has 0 unspecified atom stereocenters. The highest BCUT2D eigenvalue weighted by Crippen LogP contribution is 2.28. The monoisotopic (exact) mass is 297 g/mol. The molecule has 0 atom stereocenters. The van der Waals surface area contributed by atoms with Crippen LogP contribution in [-0.4, -0.2) is 37.0 Å². The second-order valence-corrected chi connectivity index (χ2v) is 6.70. The molecule has 1 saturated carbocycles. The topological polar surface area (TPSA) is 46.6 Å². The molecule has 1 aliphatic carbocycles. The minimum Gasteiger partial charge on any atom is -0.464 e. The highest BCUT2D eigenvalue weighted by Gasteiger charge is 2.19. The molecule has 0 spiro atoms. The minimum absolute atomic E-state index is 0.0565. The van der Waals surface area contributed by atoms with Gasteiger partial charge in [-0.3, -0.25) is 9.59 Å². The van der Waals surface area contributed by atoms with Crippen LogP contribution in [0.2, 0.25) is 0 Å². The van der Waals surface area contributed by atoms with E-state index in [0.717, 1.165) is 19.3 Å². The van der Waals surface area contributed by atoms with E-state index in [2.05, 4.69) is 13.8 Å². The number of ether oxygens (including phenoxy) is 1. The largest absolute Gasteiger partial charge is 0.464 e. The zero-order valence-corrected chi connectivity index (χ0v) is 13.9. The fourth-order valence-electron chi connectivity index (χ4n) is 2.82. The number of carbonyl (C=O) groups is 2. The summed E-state index contributed by atoms with van der Waals surface area (Å²) in [7, 11) is 1.69. The summed E-state index contributed by atoms with van der Waals surface area (Å²) in [4.78, 5) is 25.1. The van der Waals surface area contributed by atoms with Crippen LogP contribution < -0.4 is 0 Å². The molecule has 4 nitrogen and oxygen atoms in total. The molecule has 1 rings (SSSR count). The lowest BCUT2D eigenvalue weighted by atomic mass is 10.0. The standard InChI is InChI=1S/C17H31NO3/c1-14(2)7-6-12-21-17(20)13-18(3)16(19)11-10-15-8-4-5-9-15/h14-15H,4-13H2,1-3H3. The van der Waals surface area contributed by atoms with Crippen LogP contribution in [0.1, 0.15) is 65.2 Å². The van der Waals surface area contributed by atoms with Crippen LogP contribution in [0.25, 0.3) is 0 Å². The number of nitrogens with zero attached hydrogens (tertiary/aromatic N) is 1. The van der Waals surface area contributed by atoms with Gasteiger partial charge in [0.15, 0.2) is 0 Å². The fraction of sp³-hybridized carbons (Fsp3) is 0.882. The highest BCUT2D eigenvalue weighted by atomic mass is 16.5. The van der Waals surface area contributed by atoms with Crippen LogP contribution in [0.5, 0.6) is 0 Å². The smallest absolute Gasteiger partial charge is 0.325 e. The van der Waals surface area contributed by atoms with Gasteiger partial charge in [0, 0.05) is 13.5 Å². The van der Waals surface area contributed by atoms with Gasteiger partial charge in [0.2, 0.25) is 5.91 Å². The summed E-state index contributed by atoms with van der Waals surface area (Å²) in [6.07, 6.45) is 8.60. The molecule has 0 aromatic rings. The Morgan fingerprint density at radius 2 is 1.90 bits per heavy atom. The molecule has 0 aromatic carbocycles. The van der Waals surface area contributed by atoms with Gasteiger partial charge < -0.3 is 9.64 Å². The Kier molecular flexibility index (Phi) is 8.40. The van der Waals surface area contributed by atoms with E-state index in [9.17, 15) is 9.59 Å². The first-order valence-electron chi connectivity index (χ1n) is 8.38. The van der Waals surface area contributed by atoms with Crippen molar-refractivity contribution in [3.8, 4) is 0 Å². The molecule has 0 N–H and O–H groups in total. The van der Waals surface area contributed by atoms with E-state index in [1.165, 1.54) is 30.6 Å². The van der Waals surface area contributed by atoms with E-state index in [4.69, 9.17) is 4.74 Å². The Morgan fingerprint density at radius 1 is 1.24 bits per heavy atom. The molecule has 0 aromatic heterocycles. The SMILES string of the molecule is CC(C)CCCOC(=O)CN(C)C(=O)CCC1CCCC1. The van der Waals surface area contributed by atoms with Crippen molar-refractivity contribution >= 4 is 11.9 Å². The van der Waals surface area contributed by atoms with Gasteiger partial charge in [-0.1, -0.05) is 39.5 Å². The van der Waals surface area contributed by atoms with Crippen LogP contribution in [0, 0.1) is 11.8 Å². The van der Waals surface area contributed by atoms with Crippen molar-refractivity contribution in [3.63, 3.8) is 0 Å². The van der Waals surface area contributed by atoms with Crippen LogP contribution in [-0.2, 0) is 14.3 Å². The lowest BCUT2D eigenvalue weighted by Gasteiger charge is -2.17. The lowest BCUT2D eigenvalue weighted by Crippen LogP contribution is -2.33. The third-order valence-electron chi connectivity index (χ3n) is 4.22. The van der Waals surface area contributed by atoms with Crippen LogP contribution in [0.3, 0.4) is 0 Å². The molecule has 0 saturated heterocycles. The van der Waals surface area contributed by atoms with E-state index in [1.54, 1.807) is 7.05 Å². The molecule has 1 fully saturated rings. The number of hydrogen-bond acceptors (Lipinski definition) is 3. The zero-order valence-electron chi connectivity index (χ0n) is 13.9. The van der Waals surface area contributed by atoms with Crippen molar-refractivity contribution in [2.75, 3.05) is 20.2 Å². The molecule has 122 valence electrons. The number of rotatable bonds is 9. The van der Waals surface area contributed by atoms with Gasteiger partial charge in [0.25, 0.3) is 0 Å². The van der Waals surface area contributed by atoms with E-state index in [0.29, 0.717) is 24.9 Å². The fourth-order valence-corrected chi connectivity index (χ4v) is 2.82. The zero-order chi connectivity index (χ0) is 15.7. The summed E-state index contributed by atoms with van der Waals surface area (Å²) >= 11 is 0. The summed E-state index contributed by atoms with van der Waals surface area (Å²) in [6.45, 7) is 4.84. The molecule has 21 heavy (non-hydrogen) atoms. The molecule has 0 heterocycles. The van der Waals surface area contributed by atoms with Gasteiger partial charge in [0.1, 0.15) is 6.54 Å². The van der Waals surface area contributed by atoms with Crippen LogP contribution >= 0.6 is 0 Å². The highest BCUT2D eigenvalue weighted by molar-refractivity contribution is 5.81. The van der Waals surface area contributed by atoms with E-state index < -0.39 is 0 Å². The molecular formula is C17H31NO3. The number of amides is 1. The van der Waals surface area contributed by atoms with Gasteiger partial charge >= 0.3 is 5.97 Å². The normalized spacial score (nSPS) is 15.4. The van der Waals surface area contributed by atoms with E-state index in [-0.39, 0.29) is 18.4 Å². The van der Waals surface area contributed by atoms with Crippen LogP contribution in [0.15, 0.2) is 0 Å². The number of likely N-dealkylation sites (N-methyl/N-ethyl adjacent to an activating group) is 1. The average molecular weight is 297 g/mol. The molecule has 4 heteroatoms. The van der Waals surface area contributed by atoms with Crippen molar-refractivity contribution < 1.29 is 14.3 Å². The summed E-state index contributed by atoms with van der Waals surface area (Å²) in [5.41, 5.74) is 0. The average Bonchev–Trinajstić information content (AvgIpc) is 2.93. The maximum Gasteiger partial charge on any atom is 0.325 e. The van der Waals surface area contributed by atoms with Crippen molar-refractivity contribution in [2.24, 2.45) is 11.8 Å². The third-order valence-corrected chi connectivity index (χ3v) is 4.22. The summed E-state index contributed by atoms with van der Waals surface area (Å²) < 4.78 is 5.16. The Hall–Kier alpha value is -1.06. The van der Waals surface area contributed by atoms with Crippen molar-refractivity contribution in [1.29, 1.82) is 0 Å². The molecule has 0 radical (unpaired) electrons. The maximum absolute atomic E-state index is 12.0. The first kappa shape index (κ1) is 18.0. The molecular weight excluding hydrogens is 266 g/mol. The number of esters is 1. The van der Waals surface area contributed by atoms with Gasteiger partial charge in [-0.05, 0) is 31.1 Å². The van der Waals surface area contributed by atoms with Crippen molar-refractivity contribution in [2.45, 2.75) is 65.2 Å². The predicted octanol–water partition coefficient (Wildman–Crippen LogP) is 3.39. The summed E-state index contributed by atoms with van der Waals surface area (Å²) in [5, 5.41) is 0. The second-order valence-electron chi connectivity index (χ2n) is 6.70. The van der Waals surface area contributed by atoms with E-state index in [1.807, 2.05) is 0 Å². The molecule has 0 bridgehead atoms. The Bertz CT molecular complexity index is 322. The maximum atomic E-state index is 12.0.